The zero-order valence-corrected chi connectivity index (χ0v) is 39.8. The van der Waals surface area contributed by atoms with Crippen molar-refractivity contribution in [3.8, 4) is 0 Å². The molecule has 0 rings (SSSR count). The lowest BCUT2D eigenvalue weighted by atomic mass is 10.0. The molecule has 0 aliphatic carbocycles. The molecular weight excluding hydrogens is 783 g/mol. The molecule has 0 aliphatic rings. The molecule has 3 atom stereocenters. The Morgan fingerprint density at radius 2 is 0.667 bits per heavy atom. The largest absolute Gasteiger partial charge is 0.472 e. The van der Waals surface area contributed by atoms with Gasteiger partial charge in [0.1, 0.15) is 12.7 Å². The number of hydrogen-bond acceptors (Lipinski definition) is 10. The predicted octanol–water partition coefficient (Wildman–Crippen LogP) is 13.6. The van der Waals surface area contributed by atoms with Gasteiger partial charge >= 0.3 is 25.7 Å². The summed E-state index contributed by atoms with van der Waals surface area (Å²) in [5.74, 6) is -1.44. The van der Waals surface area contributed by atoms with E-state index in [-0.39, 0.29) is 25.9 Å². The van der Waals surface area contributed by atoms with Gasteiger partial charge in [0.25, 0.3) is 0 Å². The quantitative estimate of drug-likeness (QED) is 0.0260. The first-order chi connectivity index (χ1) is 29.2. The summed E-state index contributed by atoms with van der Waals surface area (Å²) in [5, 5.41) is 9.73. The topological polar surface area (TPSA) is 155 Å². The highest BCUT2D eigenvalue weighted by atomic mass is 31.2. The summed E-state index contributed by atoms with van der Waals surface area (Å²) in [4.78, 5) is 48.1. The number of hydrogen-bond donors (Lipinski definition) is 2. The van der Waals surface area contributed by atoms with Crippen molar-refractivity contribution < 1.29 is 52.2 Å². The molecule has 0 saturated carbocycles. The first-order valence-corrected chi connectivity index (χ1v) is 26.4. The predicted molar refractivity (Wildman–Crippen MR) is 243 cm³/mol. The second-order valence-electron chi connectivity index (χ2n) is 17.0. The number of unbranched alkanes of at least 4 members (excludes halogenated alkanes) is 30. The summed E-state index contributed by atoms with van der Waals surface area (Å²) in [5.41, 5.74) is 0. The summed E-state index contributed by atoms with van der Waals surface area (Å²) < 4.78 is 39.2. The average Bonchev–Trinajstić information content (AvgIpc) is 3.23. The smallest absolute Gasteiger partial charge is 0.462 e. The van der Waals surface area contributed by atoms with Crippen molar-refractivity contribution in [2.45, 2.75) is 264 Å². The number of carbonyl (C=O) groups excluding carboxylic acids is 3. The summed E-state index contributed by atoms with van der Waals surface area (Å²) in [6.45, 7) is 4.63. The van der Waals surface area contributed by atoms with Crippen molar-refractivity contribution in [2.24, 2.45) is 0 Å². The molecule has 0 aromatic heterocycles. The van der Waals surface area contributed by atoms with E-state index in [1.807, 2.05) is 0 Å². The van der Waals surface area contributed by atoms with Gasteiger partial charge in [0, 0.05) is 19.3 Å². The van der Waals surface area contributed by atoms with Crippen LogP contribution in [0, 0.1) is 0 Å². The molecule has 0 spiro atoms. The molecule has 0 aromatic rings. The SMILES string of the molecule is CCCCCCCCCCCCCCCC(=O)OC(COC(=O)CCCCCCCCCCC)COP(=O)(O)OCC(CO)OC(=O)CCCCCCCCCCCCC. The van der Waals surface area contributed by atoms with Crippen LogP contribution >= 0.6 is 7.82 Å². The van der Waals surface area contributed by atoms with Crippen LogP contribution in [0.1, 0.15) is 252 Å². The van der Waals surface area contributed by atoms with E-state index in [1.165, 1.54) is 135 Å². The van der Waals surface area contributed by atoms with E-state index in [0.29, 0.717) is 19.3 Å². The van der Waals surface area contributed by atoms with Crippen molar-refractivity contribution in [1.29, 1.82) is 0 Å². The van der Waals surface area contributed by atoms with Crippen LogP contribution < -0.4 is 0 Å². The number of aliphatic hydroxyl groups is 1. The van der Waals surface area contributed by atoms with E-state index in [1.54, 1.807) is 0 Å². The van der Waals surface area contributed by atoms with Gasteiger partial charge < -0.3 is 24.2 Å². The Bertz CT molecular complexity index is 1030. The number of aliphatic hydroxyl groups excluding tert-OH is 1. The zero-order chi connectivity index (χ0) is 44.2. The highest BCUT2D eigenvalue weighted by Crippen LogP contribution is 2.43. The Morgan fingerprint density at radius 3 is 0.983 bits per heavy atom. The van der Waals surface area contributed by atoms with Crippen molar-refractivity contribution in [3.05, 3.63) is 0 Å². The maximum atomic E-state index is 12.8. The van der Waals surface area contributed by atoms with Crippen molar-refractivity contribution in [2.75, 3.05) is 26.4 Å². The van der Waals surface area contributed by atoms with Crippen LogP contribution in [0.4, 0.5) is 0 Å². The van der Waals surface area contributed by atoms with Crippen LogP contribution in [0.3, 0.4) is 0 Å². The van der Waals surface area contributed by atoms with E-state index in [4.69, 9.17) is 23.3 Å². The Labute approximate surface area is 367 Å². The molecule has 3 unspecified atom stereocenters. The summed E-state index contributed by atoms with van der Waals surface area (Å²) in [7, 11) is -4.72. The molecule has 0 fully saturated rings. The van der Waals surface area contributed by atoms with Crippen molar-refractivity contribution >= 4 is 25.7 Å². The minimum atomic E-state index is -4.72. The third-order valence-corrected chi connectivity index (χ3v) is 12.0. The Balaban J connectivity index is 4.68. The third-order valence-electron chi connectivity index (χ3n) is 11.0. The summed E-state index contributed by atoms with van der Waals surface area (Å²) in [6.07, 6.45) is 36.5. The number of phosphoric acid groups is 1. The molecule has 11 nitrogen and oxygen atoms in total. The van der Waals surface area contributed by atoms with Crippen LogP contribution in [0.15, 0.2) is 0 Å². The maximum Gasteiger partial charge on any atom is 0.472 e. The highest BCUT2D eigenvalue weighted by Gasteiger charge is 2.28. The number of carbonyl (C=O) groups is 3. The van der Waals surface area contributed by atoms with E-state index in [2.05, 4.69) is 20.8 Å². The van der Waals surface area contributed by atoms with E-state index in [9.17, 15) is 28.9 Å². The van der Waals surface area contributed by atoms with E-state index in [0.717, 1.165) is 57.8 Å². The summed E-state index contributed by atoms with van der Waals surface area (Å²) >= 11 is 0. The molecule has 0 bridgehead atoms. The van der Waals surface area contributed by atoms with Gasteiger partial charge in [-0.1, -0.05) is 213 Å². The molecular formula is C48H93O11P. The van der Waals surface area contributed by atoms with Crippen LogP contribution in [0.2, 0.25) is 0 Å². The zero-order valence-electron chi connectivity index (χ0n) is 39.0. The minimum absolute atomic E-state index is 0.177. The van der Waals surface area contributed by atoms with E-state index < -0.39 is 57.8 Å². The lowest BCUT2D eigenvalue weighted by Gasteiger charge is -2.21. The second-order valence-corrected chi connectivity index (χ2v) is 18.5. The van der Waals surface area contributed by atoms with Gasteiger partial charge in [0.2, 0.25) is 0 Å². The average molecular weight is 877 g/mol. The highest BCUT2D eigenvalue weighted by molar-refractivity contribution is 7.47. The molecule has 2 N–H and O–H groups in total. The molecule has 0 amide bonds. The molecule has 0 radical (unpaired) electrons. The van der Waals surface area contributed by atoms with Gasteiger partial charge in [-0.25, -0.2) is 4.57 Å². The van der Waals surface area contributed by atoms with Gasteiger partial charge in [0.05, 0.1) is 19.8 Å². The van der Waals surface area contributed by atoms with Crippen LogP contribution in [-0.4, -0.2) is 66.5 Å². The molecule has 0 saturated heterocycles. The van der Waals surface area contributed by atoms with Crippen LogP contribution in [0.5, 0.6) is 0 Å². The number of rotatable bonds is 47. The maximum absolute atomic E-state index is 12.8. The van der Waals surface area contributed by atoms with E-state index >= 15 is 0 Å². The number of phosphoric ester groups is 1. The minimum Gasteiger partial charge on any atom is -0.462 e. The lowest BCUT2D eigenvalue weighted by molar-refractivity contribution is -0.161. The van der Waals surface area contributed by atoms with Crippen LogP contribution in [-0.2, 0) is 42.2 Å². The van der Waals surface area contributed by atoms with Crippen molar-refractivity contribution in [3.63, 3.8) is 0 Å². The standard InChI is InChI=1S/C48H93O11P/c1-4-7-10-13-16-19-21-22-24-27-30-33-36-39-48(52)59-45(41-55-46(50)37-34-31-28-25-18-15-12-9-6-3)43-57-60(53,54)56-42-44(40-49)58-47(51)38-35-32-29-26-23-20-17-14-11-8-5-2/h44-45,49H,4-43H2,1-3H3,(H,53,54). The first-order valence-electron chi connectivity index (χ1n) is 24.9. The van der Waals surface area contributed by atoms with Crippen LogP contribution in [0.25, 0.3) is 0 Å². The van der Waals surface area contributed by atoms with Gasteiger partial charge in [-0.3, -0.25) is 23.4 Å². The Kier molecular flexibility index (Phi) is 43.0. The van der Waals surface area contributed by atoms with Gasteiger partial charge in [0.15, 0.2) is 6.10 Å². The third kappa shape index (κ3) is 41.8. The second kappa shape index (κ2) is 44.1. The molecule has 12 heteroatoms. The summed E-state index contributed by atoms with van der Waals surface area (Å²) in [6, 6.07) is 0. The molecule has 0 aliphatic heterocycles. The van der Waals surface area contributed by atoms with Gasteiger partial charge in [-0.15, -0.1) is 0 Å². The fourth-order valence-electron chi connectivity index (χ4n) is 7.18. The number of ether oxygens (including phenoxy) is 3. The molecule has 356 valence electrons. The lowest BCUT2D eigenvalue weighted by Crippen LogP contribution is -2.30. The first kappa shape index (κ1) is 58.5. The monoisotopic (exact) mass is 877 g/mol. The Morgan fingerprint density at radius 1 is 0.400 bits per heavy atom. The van der Waals surface area contributed by atoms with Gasteiger partial charge in [-0.2, -0.15) is 0 Å². The van der Waals surface area contributed by atoms with Crippen molar-refractivity contribution in [1.82, 2.24) is 0 Å². The van der Waals surface area contributed by atoms with Gasteiger partial charge in [-0.05, 0) is 19.3 Å². The molecule has 0 heterocycles. The molecule has 60 heavy (non-hydrogen) atoms. The molecule has 0 aromatic carbocycles. The Hall–Kier alpha value is -1.52. The fourth-order valence-corrected chi connectivity index (χ4v) is 7.96. The number of esters is 3. The fraction of sp³-hybridized carbons (Fsp3) is 0.938. The normalized spacial score (nSPS) is 13.5.